The molecule has 232 valence electrons. The second-order valence-corrected chi connectivity index (χ2v) is 13.6. The number of pyridine rings is 1. The number of carbonyl (C=O) groups is 1. The van der Waals surface area contributed by atoms with E-state index >= 15 is 0 Å². The van der Waals surface area contributed by atoms with E-state index in [4.69, 9.17) is 9.72 Å². The number of amides is 1. The highest BCUT2D eigenvalue weighted by atomic mass is 32.1. The van der Waals surface area contributed by atoms with Gasteiger partial charge in [-0.25, -0.2) is 9.97 Å². The largest absolute Gasteiger partial charge is 0.378 e. The molecule has 8 heteroatoms. The molecule has 3 unspecified atom stereocenters. The number of nitriles is 1. The summed E-state index contributed by atoms with van der Waals surface area (Å²) >= 11 is 1.45. The first kappa shape index (κ1) is 30.1. The van der Waals surface area contributed by atoms with Crippen LogP contribution in [0.5, 0.6) is 0 Å². The summed E-state index contributed by atoms with van der Waals surface area (Å²) in [7, 11) is 0. The number of carbonyl (C=O) groups excluding carboxylic acids is 1. The Morgan fingerprint density at radius 1 is 1.07 bits per heavy atom. The van der Waals surface area contributed by atoms with Crippen LogP contribution in [0.2, 0.25) is 0 Å². The zero-order valence-corrected chi connectivity index (χ0v) is 26.8. The molecule has 1 fully saturated rings. The highest BCUT2D eigenvalue weighted by Gasteiger charge is 2.54. The van der Waals surface area contributed by atoms with Crippen LogP contribution in [0.3, 0.4) is 0 Å². The van der Waals surface area contributed by atoms with Crippen LogP contribution in [-0.4, -0.2) is 42.2 Å². The van der Waals surface area contributed by atoms with E-state index in [0.29, 0.717) is 24.4 Å². The van der Waals surface area contributed by atoms with Gasteiger partial charge >= 0.3 is 0 Å². The maximum atomic E-state index is 14.2. The van der Waals surface area contributed by atoms with E-state index in [-0.39, 0.29) is 11.8 Å². The SMILES string of the molecule is CC1(C(=O)Nc2nc(Cc3ccc(-c4ccc(N5CCOCC5)nc4)cc3)cs2)CC2(C#N)C/C=C\C=C/CC1c1ccccc12. The number of aromatic nitrogens is 2. The van der Waals surface area contributed by atoms with Crippen molar-refractivity contribution in [3.8, 4) is 17.2 Å². The zero-order valence-electron chi connectivity index (χ0n) is 26.0. The maximum absolute atomic E-state index is 14.2. The Bertz CT molecular complexity index is 1820. The number of thiazole rings is 1. The molecule has 7 nitrogen and oxygen atoms in total. The molecule has 1 aliphatic heterocycles. The molecular weight excluding hydrogens is 591 g/mol. The Morgan fingerprint density at radius 2 is 1.85 bits per heavy atom. The number of nitrogens with one attached hydrogen (secondary N) is 1. The lowest BCUT2D eigenvalue weighted by Crippen LogP contribution is -2.48. The van der Waals surface area contributed by atoms with Crippen molar-refractivity contribution in [2.75, 3.05) is 36.5 Å². The first-order valence-corrected chi connectivity index (χ1v) is 16.8. The van der Waals surface area contributed by atoms with Crippen LogP contribution in [0.4, 0.5) is 10.9 Å². The van der Waals surface area contributed by atoms with Crippen LogP contribution in [0.15, 0.2) is 96.5 Å². The van der Waals surface area contributed by atoms with E-state index in [1.165, 1.54) is 11.3 Å². The molecule has 3 heterocycles. The molecule has 0 spiro atoms. The molecule has 7 rings (SSSR count). The van der Waals surface area contributed by atoms with Crippen LogP contribution < -0.4 is 10.2 Å². The molecule has 0 saturated carbocycles. The van der Waals surface area contributed by atoms with Gasteiger partial charge in [0.05, 0.1) is 35.8 Å². The Hall–Kier alpha value is -4.58. The number of benzene rings is 2. The van der Waals surface area contributed by atoms with E-state index in [2.05, 4.69) is 82.0 Å². The van der Waals surface area contributed by atoms with Crippen molar-refractivity contribution in [3.05, 3.63) is 119 Å². The number of rotatable bonds is 6. The molecule has 1 amide bonds. The predicted octanol–water partition coefficient (Wildman–Crippen LogP) is 7.43. The minimum absolute atomic E-state index is 0.0448. The van der Waals surface area contributed by atoms with Gasteiger partial charge in [-0.15, -0.1) is 11.3 Å². The van der Waals surface area contributed by atoms with Gasteiger partial charge in [0, 0.05) is 42.6 Å². The minimum Gasteiger partial charge on any atom is -0.378 e. The summed E-state index contributed by atoms with van der Waals surface area (Å²) in [6, 6.07) is 23.5. The van der Waals surface area contributed by atoms with Gasteiger partial charge in [0.2, 0.25) is 5.91 Å². The van der Waals surface area contributed by atoms with Gasteiger partial charge < -0.3 is 15.0 Å². The van der Waals surface area contributed by atoms with Crippen molar-refractivity contribution in [1.82, 2.24) is 9.97 Å². The summed E-state index contributed by atoms with van der Waals surface area (Å²) in [5.41, 5.74) is 4.86. The average Bonchev–Trinajstić information content (AvgIpc) is 3.54. The third-order valence-corrected chi connectivity index (χ3v) is 10.6. The monoisotopic (exact) mass is 627 g/mol. The number of allylic oxidation sites excluding steroid dienone is 4. The van der Waals surface area contributed by atoms with Gasteiger partial charge in [-0.05, 0) is 53.6 Å². The molecular formula is C38H37N5O2S. The number of morpholine rings is 1. The lowest BCUT2D eigenvalue weighted by atomic mass is 9.54. The highest BCUT2D eigenvalue weighted by Crippen LogP contribution is 2.56. The number of nitrogens with zero attached hydrogens (tertiary/aromatic N) is 4. The van der Waals surface area contributed by atoms with Gasteiger partial charge in [0.15, 0.2) is 5.13 Å². The minimum atomic E-state index is -0.781. The summed E-state index contributed by atoms with van der Waals surface area (Å²) in [5.74, 6) is 0.861. The van der Waals surface area contributed by atoms with Crippen molar-refractivity contribution < 1.29 is 9.53 Å². The standard InChI is InChI=1S/C38H37N5O2S/c1-37(25-38(26-39)17-7-3-2-4-9-32(37)31-8-5-6-10-33(31)38)35(44)42-36-41-30(24-46-36)22-27-11-13-28(14-12-27)29-15-16-34(40-23-29)43-18-20-45-21-19-43/h2-8,10-16,23-24,32H,9,17-22,25H2,1H3,(H,41,42,44)/b4-2-,7-3-. The van der Waals surface area contributed by atoms with E-state index in [9.17, 15) is 10.1 Å². The third-order valence-electron chi connectivity index (χ3n) is 9.77. The fourth-order valence-electron chi connectivity index (χ4n) is 7.27. The van der Waals surface area contributed by atoms with Crippen LogP contribution in [-0.2, 0) is 21.4 Å². The molecule has 1 saturated heterocycles. The number of hydrogen-bond acceptors (Lipinski definition) is 7. The molecule has 0 radical (unpaired) electrons. The Morgan fingerprint density at radius 3 is 2.63 bits per heavy atom. The van der Waals surface area contributed by atoms with E-state index < -0.39 is 10.8 Å². The number of anilines is 2. The Kier molecular flexibility index (Phi) is 8.29. The normalized spacial score (nSPS) is 25.2. The third kappa shape index (κ3) is 5.77. The van der Waals surface area contributed by atoms with Crippen LogP contribution in [0, 0.1) is 16.7 Å². The van der Waals surface area contributed by atoms with Gasteiger partial charge in [-0.2, -0.15) is 5.26 Å². The number of fused-ring (bicyclic) bond motifs is 6. The Labute approximate surface area is 274 Å². The van der Waals surface area contributed by atoms with Crippen LogP contribution >= 0.6 is 11.3 Å². The summed E-state index contributed by atoms with van der Waals surface area (Å²) in [4.78, 5) is 25.9. The lowest BCUT2D eigenvalue weighted by molar-refractivity contribution is -0.127. The molecule has 46 heavy (non-hydrogen) atoms. The molecule has 1 N–H and O–H groups in total. The number of ether oxygens (including phenoxy) is 1. The van der Waals surface area contributed by atoms with E-state index in [1.54, 1.807) is 0 Å². The summed E-state index contributed by atoms with van der Waals surface area (Å²) in [6.07, 6.45) is 12.6. The van der Waals surface area contributed by atoms with Crippen LogP contribution in [0.1, 0.15) is 54.5 Å². The second-order valence-electron chi connectivity index (χ2n) is 12.7. The molecule has 2 aromatic carbocycles. The summed E-state index contributed by atoms with van der Waals surface area (Å²) in [5, 5.41) is 16.3. The quantitative estimate of drug-likeness (QED) is 0.239. The average molecular weight is 628 g/mol. The van der Waals surface area contributed by atoms with Gasteiger partial charge in [-0.3, -0.25) is 4.79 Å². The van der Waals surface area contributed by atoms with Crippen molar-refractivity contribution in [1.29, 1.82) is 5.26 Å². The summed E-state index contributed by atoms with van der Waals surface area (Å²) < 4.78 is 5.45. The number of hydrogen-bond donors (Lipinski definition) is 1. The first-order valence-electron chi connectivity index (χ1n) is 15.9. The van der Waals surface area contributed by atoms with Crippen LogP contribution in [0.25, 0.3) is 11.1 Å². The molecule has 2 bridgehead atoms. The van der Waals surface area contributed by atoms with E-state index in [0.717, 1.165) is 72.1 Å². The fourth-order valence-corrected chi connectivity index (χ4v) is 7.97. The molecule has 3 aliphatic rings. The van der Waals surface area contributed by atoms with Gasteiger partial charge in [0.25, 0.3) is 0 Å². The highest BCUT2D eigenvalue weighted by molar-refractivity contribution is 7.13. The van der Waals surface area contributed by atoms with Gasteiger partial charge in [-0.1, -0.05) is 79.8 Å². The Balaban J connectivity index is 1.05. The zero-order chi connectivity index (χ0) is 31.6. The fraction of sp³-hybridized carbons (Fsp3) is 0.316. The summed E-state index contributed by atoms with van der Waals surface area (Å²) in [6.45, 7) is 5.25. The van der Waals surface area contributed by atoms with Crippen molar-refractivity contribution >= 4 is 28.2 Å². The molecule has 4 aromatic rings. The molecule has 2 aromatic heterocycles. The first-order chi connectivity index (χ1) is 22.5. The predicted molar refractivity (Wildman–Crippen MR) is 183 cm³/mol. The smallest absolute Gasteiger partial charge is 0.232 e. The van der Waals surface area contributed by atoms with Crippen molar-refractivity contribution in [2.45, 2.75) is 43.9 Å². The van der Waals surface area contributed by atoms with Crippen molar-refractivity contribution in [2.24, 2.45) is 5.41 Å². The topological polar surface area (TPSA) is 91.1 Å². The van der Waals surface area contributed by atoms with E-state index in [1.807, 2.05) is 42.8 Å². The molecule has 3 atom stereocenters. The second kappa shape index (κ2) is 12.7. The molecule has 2 aliphatic carbocycles. The maximum Gasteiger partial charge on any atom is 0.232 e. The van der Waals surface area contributed by atoms with Gasteiger partial charge in [0.1, 0.15) is 5.82 Å². The lowest BCUT2D eigenvalue weighted by Gasteiger charge is -2.48. The van der Waals surface area contributed by atoms with Crippen molar-refractivity contribution in [3.63, 3.8) is 0 Å².